The number of esters is 2. The normalized spacial score (nSPS) is 31.0. The van der Waals surface area contributed by atoms with Crippen LogP contribution < -0.4 is 10.4 Å². The Bertz CT molecular complexity index is 3480. The third-order valence-electron chi connectivity index (χ3n) is 20.4. The van der Waals surface area contributed by atoms with Gasteiger partial charge >= 0.3 is 17.6 Å². The number of aliphatic hydroxyl groups is 3. The van der Waals surface area contributed by atoms with Crippen LogP contribution in [0.1, 0.15) is 163 Å². The zero-order valence-electron chi connectivity index (χ0n) is 46.5. The van der Waals surface area contributed by atoms with Crippen molar-refractivity contribution in [2.24, 2.45) is 29.6 Å². The number of fused-ring (bicyclic) bond motifs is 15. The first-order valence-electron chi connectivity index (χ1n) is 29.8. The SMILES string of the molecule is COCC(CCO)c1c(CO)c2ccc3c(c2oc1=O)C1OC(=O)CC2CC(c4cccc5c4C=CC4CCCC6C=Cc7ccccc7C564)C=CC2c2ccc(cc2)CCC(=C(C)CO)C(=O)OC1C1(CC=CC2CCCCC21)O3. The molecule has 0 saturated heterocycles. The summed E-state index contributed by atoms with van der Waals surface area (Å²) in [6.07, 6.45) is 25.2. The molecule has 4 heterocycles. The second-order valence-electron chi connectivity index (χ2n) is 24.4. The van der Waals surface area contributed by atoms with Gasteiger partial charge in [0.2, 0.25) is 0 Å². The minimum atomic E-state index is -1.33. The van der Waals surface area contributed by atoms with Crippen molar-refractivity contribution >= 4 is 35.1 Å². The monoisotopic (exact) mass is 1090 g/mol. The lowest BCUT2D eigenvalue weighted by atomic mass is 9.49. The molecule has 2 spiro atoms. The number of methoxy groups -OCH3 is 1. The van der Waals surface area contributed by atoms with Crippen LogP contribution >= 0.6 is 0 Å². The highest BCUT2D eigenvalue weighted by Crippen LogP contribution is 2.61. The lowest BCUT2D eigenvalue weighted by Crippen LogP contribution is -2.62. The summed E-state index contributed by atoms with van der Waals surface area (Å²) in [5.41, 5.74) is 8.16. The summed E-state index contributed by atoms with van der Waals surface area (Å²) >= 11 is 0. The Kier molecular flexibility index (Phi) is 14.5. The van der Waals surface area contributed by atoms with Crippen molar-refractivity contribution in [3.63, 3.8) is 0 Å². The van der Waals surface area contributed by atoms with Crippen LogP contribution in [0, 0.1) is 29.6 Å². The molecule has 2 saturated carbocycles. The fraction of sp³-hybridized carbons (Fsp3) is 0.443. The van der Waals surface area contributed by atoms with Gasteiger partial charge in [-0.3, -0.25) is 4.79 Å². The average molecular weight is 1090 g/mol. The van der Waals surface area contributed by atoms with Gasteiger partial charge in [0, 0.05) is 72.2 Å². The highest BCUT2D eigenvalue weighted by atomic mass is 16.6. The van der Waals surface area contributed by atoms with Crippen LogP contribution in [0.4, 0.5) is 0 Å². The molecule has 9 aliphatic rings. The minimum absolute atomic E-state index is 0.0199. The van der Waals surface area contributed by atoms with E-state index in [1.807, 2.05) is 0 Å². The van der Waals surface area contributed by atoms with Crippen molar-refractivity contribution in [1.82, 2.24) is 0 Å². The lowest BCUT2D eigenvalue weighted by Gasteiger charge is -2.54. The highest BCUT2D eigenvalue weighted by molar-refractivity contribution is 5.91. The molecule has 2 fully saturated rings. The largest absolute Gasteiger partial charge is 0.482 e. The quantitative estimate of drug-likeness (QED) is 0.0587. The summed E-state index contributed by atoms with van der Waals surface area (Å²) in [5.74, 6) is -1.10. The van der Waals surface area contributed by atoms with Crippen molar-refractivity contribution in [1.29, 1.82) is 0 Å². The Morgan fingerprint density at radius 1 is 0.802 bits per heavy atom. The van der Waals surface area contributed by atoms with Crippen LogP contribution in [-0.2, 0) is 42.2 Å². The van der Waals surface area contributed by atoms with Gasteiger partial charge in [-0.05, 0) is 144 Å². The van der Waals surface area contributed by atoms with Gasteiger partial charge in [-0.15, -0.1) is 0 Å². The Balaban J connectivity index is 0.958. The third-order valence-corrected chi connectivity index (χ3v) is 20.4. The average Bonchev–Trinajstić information content (AvgIpc) is 2.61. The summed E-state index contributed by atoms with van der Waals surface area (Å²) in [6.45, 7) is 0.703. The van der Waals surface area contributed by atoms with E-state index in [1.165, 1.54) is 41.3 Å². The number of ether oxygens (including phenoxy) is 4. The highest BCUT2D eigenvalue weighted by Gasteiger charge is 2.61. The molecule has 12 unspecified atom stereocenters. The second kappa shape index (κ2) is 21.9. The molecule has 11 heteroatoms. The topological polar surface area (TPSA) is 162 Å². The number of carbonyl (C=O) groups excluding carboxylic acids is 2. The molecule has 2 bridgehead atoms. The number of aliphatic hydroxyl groups excluding tert-OH is 3. The number of allylic oxidation sites excluding steroid dienone is 5. The Labute approximate surface area is 474 Å². The van der Waals surface area contributed by atoms with Crippen LogP contribution in [0.3, 0.4) is 0 Å². The first-order chi connectivity index (χ1) is 39.6. The van der Waals surface area contributed by atoms with Gasteiger partial charge in [0.05, 0.1) is 25.4 Å². The number of hydrogen-bond donors (Lipinski definition) is 3. The van der Waals surface area contributed by atoms with Gasteiger partial charge in [-0.2, -0.15) is 0 Å². The molecule has 4 aromatic carbocycles. The summed E-state index contributed by atoms with van der Waals surface area (Å²) in [4.78, 5) is 45.6. The summed E-state index contributed by atoms with van der Waals surface area (Å²) in [5, 5.41) is 32.4. The minimum Gasteiger partial charge on any atom is -0.482 e. The maximum absolute atomic E-state index is 15.8. The summed E-state index contributed by atoms with van der Waals surface area (Å²) in [6, 6.07) is 27.9. The molecular formula is C70H74O11. The van der Waals surface area contributed by atoms with Crippen LogP contribution in [0.25, 0.3) is 23.1 Å². The zero-order valence-corrected chi connectivity index (χ0v) is 46.5. The molecule has 420 valence electrons. The predicted molar refractivity (Wildman–Crippen MR) is 310 cm³/mol. The zero-order chi connectivity index (χ0) is 55.6. The van der Waals surface area contributed by atoms with Crippen LogP contribution in [0.5, 0.6) is 5.75 Å². The van der Waals surface area contributed by atoms with Gasteiger partial charge in [0.25, 0.3) is 0 Å². The van der Waals surface area contributed by atoms with E-state index in [1.54, 1.807) is 19.1 Å². The van der Waals surface area contributed by atoms with Crippen molar-refractivity contribution in [3.05, 3.63) is 193 Å². The standard InChI is InChI=1S/C70H74O11/c1-41(38-72)51-28-21-42-19-22-43(23-20-42)52-29-25-46(53-15-8-18-59-54(53)30-27-50-14-7-13-49-26-24-45-11-4-6-17-58(45)70(49,50)59)36-48(52)37-61(74)78-65-63-60(81-69(66(65)80-67(51)75)34-9-12-44-10-3-5-16-57(44)69)32-31-55-56(39-73)62(68(76)79-64(55)63)47(33-35-71)40-77-2/h4,6,8-9,11-12,15,17-20,22-27,29-32,44,46-50,52,57,65-66,71-73H,3,5,7,10,13-14,16,21,28,33-40H2,1-2H3. The van der Waals surface area contributed by atoms with E-state index in [4.69, 9.17) is 23.4 Å². The van der Waals surface area contributed by atoms with Crippen LogP contribution in [0.2, 0.25) is 0 Å². The van der Waals surface area contributed by atoms with Gasteiger partial charge in [-0.25, -0.2) is 9.59 Å². The molecule has 0 amide bonds. The summed E-state index contributed by atoms with van der Waals surface area (Å²) < 4.78 is 33.4. The first-order valence-corrected chi connectivity index (χ1v) is 29.8. The molecule has 1 aromatic heterocycles. The maximum Gasteiger partial charge on any atom is 0.340 e. The number of aryl methyl sites for hydroxylation is 1. The summed E-state index contributed by atoms with van der Waals surface area (Å²) in [7, 11) is 1.52. The van der Waals surface area contributed by atoms with E-state index in [2.05, 4.69) is 115 Å². The smallest absolute Gasteiger partial charge is 0.340 e. The number of rotatable bonds is 8. The second-order valence-corrected chi connectivity index (χ2v) is 24.4. The van der Waals surface area contributed by atoms with E-state index in [0.717, 1.165) is 49.7 Å². The van der Waals surface area contributed by atoms with Gasteiger partial charge in [-0.1, -0.05) is 135 Å². The Morgan fingerprint density at radius 2 is 1.60 bits per heavy atom. The molecule has 0 radical (unpaired) electrons. The van der Waals surface area contributed by atoms with E-state index >= 15 is 9.59 Å². The first kappa shape index (κ1) is 53.7. The maximum atomic E-state index is 15.8. The third kappa shape index (κ3) is 8.95. The van der Waals surface area contributed by atoms with Gasteiger partial charge in [0.15, 0.2) is 17.8 Å². The van der Waals surface area contributed by atoms with Crippen molar-refractivity contribution < 1.29 is 48.3 Å². The molecular weight excluding hydrogens is 1020 g/mol. The van der Waals surface area contributed by atoms with Crippen molar-refractivity contribution in [2.75, 3.05) is 26.9 Å². The number of hydrogen-bond acceptors (Lipinski definition) is 11. The molecule has 5 aromatic rings. The number of carbonyl (C=O) groups is 2. The fourth-order valence-electron chi connectivity index (χ4n) is 16.7. The fourth-order valence-corrected chi connectivity index (χ4v) is 16.7. The van der Waals surface area contributed by atoms with Gasteiger partial charge in [0.1, 0.15) is 11.3 Å². The van der Waals surface area contributed by atoms with E-state index in [-0.39, 0.29) is 90.8 Å². The molecule has 81 heavy (non-hydrogen) atoms. The van der Waals surface area contributed by atoms with E-state index in [0.29, 0.717) is 58.9 Å². The van der Waals surface area contributed by atoms with Crippen LogP contribution in [0.15, 0.2) is 136 Å². The van der Waals surface area contributed by atoms with Gasteiger partial charge < -0.3 is 38.7 Å². The molecule has 6 aliphatic carbocycles. The van der Waals surface area contributed by atoms with Crippen LogP contribution in [-0.4, -0.2) is 65.9 Å². The van der Waals surface area contributed by atoms with E-state index in [9.17, 15) is 20.1 Å². The Hall–Kier alpha value is -6.63. The molecule has 14 rings (SSSR count). The molecule has 11 nitrogen and oxygen atoms in total. The van der Waals surface area contributed by atoms with Crippen molar-refractivity contribution in [3.8, 4) is 5.75 Å². The van der Waals surface area contributed by atoms with Crippen molar-refractivity contribution in [2.45, 2.75) is 138 Å². The number of benzene rings is 4. The Morgan fingerprint density at radius 3 is 2.41 bits per heavy atom. The lowest BCUT2D eigenvalue weighted by molar-refractivity contribution is -0.208. The molecule has 12 atom stereocenters. The molecule has 3 aliphatic heterocycles. The molecule has 3 N–H and O–H groups in total. The predicted octanol–water partition coefficient (Wildman–Crippen LogP) is 12.3. The van der Waals surface area contributed by atoms with E-state index < -0.39 is 47.9 Å².